The summed E-state index contributed by atoms with van der Waals surface area (Å²) in [6, 6.07) is 2.25. The molecule has 0 aliphatic heterocycles. The number of carbonyl (C=O) groups is 1. The van der Waals surface area contributed by atoms with Crippen molar-refractivity contribution < 1.29 is 26.7 Å². The normalized spacial score (nSPS) is 18.0. The van der Waals surface area contributed by atoms with Crippen LogP contribution in [0.1, 0.15) is 15.9 Å². The summed E-state index contributed by atoms with van der Waals surface area (Å²) in [6.07, 6.45) is -0.867. The molecule has 0 amide bonds. The molecule has 0 saturated carbocycles. The minimum atomic E-state index is -4.63. The van der Waals surface area contributed by atoms with E-state index in [-0.39, 0.29) is 10.0 Å². The van der Waals surface area contributed by atoms with Crippen molar-refractivity contribution in [1.82, 2.24) is 0 Å². The van der Waals surface area contributed by atoms with Crippen molar-refractivity contribution in [3.63, 3.8) is 0 Å². The highest BCUT2D eigenvalue weighted by molar-refractivity contribution is 9.10. The maximum Gasteiger partial charge on any atom is 0.446 e. The number of hydrogen-bond donors (Lipinski definition) is 0. The van der Waals surface area contributed by atoms with Gasteiger partial charge in [-0.2, -0.15) is 22.0 Å². The van der Waals surface area contributed by atoms with Crippen molar-refractivity contribution in [3.05, 3.63) is 27.7 Å². The van der Waals surface area contributed by atoms with Gasteiger partial charge in [0.1, 0.15) is 0 Å². The first kappa shape index (κ1) is 13.8. The molecule has 0 aromatic heterocycles. The molecule has 0 heterocycles. The highest BCUT2D eigenvalue weighted by Crippen LogP contribution is 2.46. The van der Waals surface area contributed by atoms with E-state index in [4.69, 9.17) is 0 Å². The summed E-state index contributed by atoms with van der Waals surface area (Å²) < 4.78 is 63.6. The van der Waals surface area contributed by atoms with E-state index < -0.39 is 45.9 Å². The number of rotatable bonds is 1. The molecule has 0 radical (unpaired) electrons. The molecule has 0 N–H and O–H groups in total. The van der Waals surface area contributed by atoms with Crippen LogP contribution in [0, 0.1) is 0 Å². The zero-order valence-corrected chi connectivity index (χ0v) is 10.8. The van der Waals surface area contributed by atoms with Crippen LogP contribution in [-0.4, -0.2) is 17.2 Å². The molecule has 0 unspecified atom stereocenters. The highest BCUT2D eigenvalue weighted by atomic mass is 79.9. The van der Waals surface area contributed by atoms with Crippen LogP contribution in [0.4, 0.5) is 22.0 Å². The number of halogens is 6. The standard InChI is InChI=1S/C10H4BrF5OS/c11-5-1-2-6(18-10(14,15)16)7-4(5)3-9(12,13)8(7)17/h1-2H,3H2. The molecule has 8 heteroatoms. The lowest BCUT2D eigenvalue weighted by Gasteiger charge is -2.10. The second-order valence-corrected chi connectivity index (χ2v) is 5.62. The first-order valence-corrected chi connectivity index (χ1v) is 6.22. The number of hydrogen-bond acceptors (Lipinski definition) is 2. The first-order valence-electron chi connectivity index (χ1n) is 4.61. The van der Waals surface area contributed by atoms with Gasteiger partial charge < -0.3 is 0 Å². The van der Waals surface area contributed by atoms with Crippen molar-refractivity contribution >= 4 is 33.5 Å². The number of benzene rings is 1. The van der Waals surface area contributed by atoms with Gasteiger partial charge in [0, 0.05) is 21.4 Å². The number of thioether (sulfide) groups is 1. The molecule has 0 atom stereocenters. The van der Waals surface area contributed by atoms with Gasteiger partial charge in [-0.3, -0.25) is 4.79 Å². The molecule has 0 bridgehead atoms. The average molecular weight is 347 g/mol. The predicted octanol–water partition coefficient (Wildman–Crippen LogP) is 4.44. The zero-order chi connectivity index (χ0) is 13.7. The predicted molar refractivity (Wildman–Crippen MR) is 59.0 cm³/mol. The van der Waals surface area contributed by atoms with E-state index in [0.29, 0.717) is 0 Å². The van der Waals surface area contributed by atoms with E-state index in [1.54, 1.807) is 0 Å². The largest absolute Gasteiger partial charge is 0.446 e. The molecule has 98 valence electrons. The smallest absolute Gasteiger partial charge is 0.287 e. The van der Waals surface area contributed by atoms with E-state index in [2.05, 4.69) is 15.9 Å². The lowest BCUT2D eigenvalue weighted by Crippen LogP contribution is -2.24. The minimum Gasteiger partial charge on any atom is -0.287 e. The van der Waals surface area contributed by atoms with Gasteiger partial charge >= 0.3 is 11.4 Å². The Morgan fingerprint density at radius 1 is 1.28 bits per heavy atom. The van der Waals surface area contributed by atoms with E-state index in [9.17, 15) is 26.7 Å². The summed E-state index contributed by atoms with van der Waals surface area (Å²) >= 11 is 2.41. The molecule has 1 aromatic carbocycles. The lowest BCUT2D eigenvalue weighted by molar-refractivity contribution is -0.0328. The van der Waals surface area contributed by atoms with E-state index >= 15 is 0 Å². The number of carbonyl (C=O) groups excluding carboxylic acids is 1. The Hall–Kier alpha value is -0.630. The van der Waals surface area contributed by atoms with Crippen LogP contribution in [0.2, 0.25) is 0 Å². The van der Waals surface area contributed by atoms with Gasteiger partial charge in [0.15, 0.2) is 0 Å². The van der Waals surface area contributed by atoms with Gasteiger partial charge in [-0.05, 0) is 29.5 Å². The summed E-state index contributed by atoms with van der Waals surface area (Å²) in [4.78, 5) is 10.9. The van der Waals surface area contributed by atoms with Crippen molar-refractivity contribution in [2.24, 2.45) is 0 Å². The Balaban J connectivity index is 2.55. The van der Waals surface area contributed by atoms with Crippen molar-refractivity contribution in [2.75, 3.05) is 0 Å². The van der Waals surface area contributed by atoms with Crippen LogP contribution in [0.25, 0.3) is 0 Å². The quantitative estimate of drug-likeness (QED) is 0.552. The Bertz CT molecular complexity index is 526. The Labute approximate surface area is 111 Å². The highest BCUT2D eigenvalue weighted by Gasteiger charge is 2.49. The summed E-state index contributed by atoms with van der Waals surface area (Å²) in [7, 11) is 0. The van der Waals surface area contributed by atoms with E-state index in [1.165, 1.54) is 6.07 Å². The van der Waals surface area contributed by atoms with Gasteiger partial charge in [0.2, 0.25) is 5.78 Å². The van der Waals surface area contributed by atoms with E-state index in [1.807, 2.05) is 0 Å². The molecule has 1 aliphatic rings. The molecular weight excluding hydrogens is 343 g/mol. The topological polar surface area (TPSA) is 17.1 Å². The van der Waals surface area contributed by atoms with Gasteiger partial charge in [-0.1, -0.05) is 15.9 Å². The fourth-order valence-electron chi connectivity index (χ4n) is 1.72. The van der Waals surface area contributed by atoms with Gasteiger partial charge in [-0.25, -0.2) is 0 Å². The monoisotopic (exact) mass is 346 g/mol. The molecule has 1 aliphatic carbocycles. The molecule has 0 spiro atoms. The molecular formula is C10H4BrF5OS. The second kappa shape index (κ2) is 4.19. The van der Waals surface area contributed by atoms with Crippen LogP contribution >= 0.6 is 27.7 Å². The number of Topliss-reactive ketones (excluding diaryl/α,β-unsaturated/α-hetero) is 1. The fourth-order valence-corrected chi connectivity index (χ4v) is 2.89. The van der Waals surface area contributed by atoms with Crippen molar-refractivity contribution in [3.8, 4) is 0 Å². The summed E-state index contributed by atoms with van der Waals surface area (Å²) in [5.41, 5.74) is -5.23. The minimum absolute atomic E-state index is 0.0701. The average Bonchev–Trinajstić information content (AvgIpc) is 2.43. The molecule has 0 fully saturated rings. The maximum absolute atomic E-state index is 13.3. The Morgan fingerprint density at radius 2 is 1.89 bits per heavy atom. The third-order valence-electron chi connectivity index (χ3n) is 2.40. The molecule has 18 heavy (non-hydrogen) atoms. The summed E-state index contributed by atoms with van der Waals surface area (Å²) in [6.45, 7) is 0. The summed E-state index contributed by atoms with van der Waals surface area (Å²) in [5.74, 6) is -5.18. The van der Waals surface area contributed by atoms with E-state index in [0.717, 1.165) is 6.07 Å². The second-order valence-electron chi connectivity index (χ2n) is 3.66. The van der Waals surface area contributed by atoms with Crippen molar-refractivity contribution in [1.29, 1.82) is 0 Å². The summed E-state index contributed by atoms with van der Waals surface area (Å²) in [5, 5.41) is 0. The zero-order valence-electron chi connectivity index (χ0n) is 8.45. The Morgan fingerprint density at radius 3 is 2.44 bits per heavy atom. The first-order chi connectivity index (χ1) is 8.12. The SMILES string of the molecule is O=C1c2c(SC(F)(F)F)ccc(Br)c2CC1(F)F. The molecule has 1 aromatic rings. The Kier molecular flexibility index (Phi) is 3.21. The van der Waals surface area contributed by atoms with Crippen LogP contribution in [0.5, 0.6) is 0 Å². The third-order valence-corrected chi connectivity index (χ3v) is 3.94. The lowest BCUT2D eigenvalue weighted by atomic mass is 10.1. The molecule has 1 nitrogen and oxygen atoms in total. The van der Waals surface area contributed by atoms with Crippen LogP contribution in [0.15, 0.2) is 21.5 Å². The van der Waals surface area contributed by atoms with Gasteiger partial charge in [-0.15, -0.1) is 0 Å². The molecule has 2 rings (SSSR count). The maximum atomic E-state index is 13.3. The van der Waals surface area contributed by atoms with Gasteiger partial charge in [0.25, 0.3) is 0 Å². The van der Waals surface area contributed by atoms with Crippen LogP contribution in [0.3, 0.4) is 0 Å². The third kappa shape index (κ3) is 2.40. The number of fused-ring (bicyclic) bond motifs is 1. The van der Waals surface area contributed by atoms with Crippen LogP contribution < -0.4 is 0 Å². The molecule has 0 saturated heterocycles. The number of ketones is 1. The van der Waals surface area contributed by atoms with Crippen LogP contribution in [-0.2, 0) is 6.42 Å². The fraction of sp³-hybridized carbons (Fsp3) is 0.300. The van der Waals surface area contributed by atoms with Gasteiger partial charge in [0.05, 0.1) is 0 Å². The number of alkyl halides is 5. The van der Waals surface area contributed by atoms with Crippen molar-refractivity contribution in [2.45, 2.75) is 22.7 Å².